The molecule has 0 saturated heterocycles. The summed E-state index contributed by atoms with van der Waals surface area (Å²) in [6.45, 7) is 1.98. The van der Waals surface area contributed by atoms with Gasteiger partial charge in [-0.3, -0.25) is 14.9 Å². The van der Waals surface area contributed by atoms with Crippen molar-refractivity contribution in [3.8, 4) is 5.75 Å². The van der Waals surface area contributed by atoms with E-state index in [0.717, 1.165) is 11.3 Å². The zero-order valence-corrected chi connectivity index (χ0v) is 16.1. The van der Waals surface area contributed by atoms with Crippen molar-refractivity contribution in [2.45, 2.75) is 19.4 Å². The highest BCUT2D eigenvalue weighted by molar-refractivity contribution is 6.11. The molecule has 0 saturated carbocycles. The lowest BCUT2D eigenvalue weighted by Gasteiger charge is -2.10. The lowest BCUT2D eigenvalue weighted by atomic mass is 10.2. The minimum absolute atomic E-state index is 0.0576. The van der Waals surface area contributed by atoms with Crippen LogP contribution in [0, 0.1) is 6.92 Å². The third-order valence-electron chi connectivity index (χ3n) is 4.13. The van der Waals surface area contributed by atoms with Crippen LogP contribution in [0.2, 0.25) is 0 Å². The highest BCUT2D eigenvalue weighted by Crippen LogP contribution is 2.23. The van der Waals surface area contributed by atoms with Crippen LogP contribution in [0.5, 0.6) is 5.75 Å². The van der Waals surface area contributed by atoms with Crippen molar-refractivity contribution in [2.24, 2.45) is 15.7 Å². The minimum atomic E-state index is -0.879. The fourth-order valence-electron chi connectivity index (χ4n) is 2.68. The van der Waals surface area contributed by atoms with Gasteiger partial charge in [-0.1, -0.05) is 29.8 Å². The Hall–Kier alpha value is -3.88. The second kappa shape index (κ2) is 8.87. The molecule has 0 aliphatic carbocycles. The number of carbonyl (C=O) groups excluding carboxylic acids is 2. The minimum Gasteiger partial charge on any atom is -0.495 e. The van der Waals surface area contributed by atoms with E-state index in [0.29, 0.717) is 11.4 Å². The first-order valence-corrected chi connectivity index (χ1v) is 8.94. The third kappa shape index (κ3) is 5.32. The van der Waals surface area contributed by atoms with E-state index in [1.807, 2.05) is 31.2 Å². The molecule has 29 heavy (non-hydrogen) atoms. The molecule has 2 amide bonds. The number of nitrogens with one attached hydrogen (secondary N) is 3. The monoisotopic (exact) mass is 394 g/mol. The average Bonchev–Trinajstić information content (AvgIpc) is 3.02. The van der Waals surface area contributed by atoms with Crippen molar-refractivity contribution in [3.05, 3.63) is 54.1 Å². The Labute approximate surface area is 168 Å². The molecular formula is C20H22N6O3. The molecule has 9 heteroatoms. The maximum absolute atomic E-state index is 12.3. The topological polar surface area (TPSA) is 130 Å². The summed E-state index contributed by atoms with van der Waals surface area (Å²) in [6, 6.07) is 13.7. The number of guanidine groups is 2. The molecule has 5 N–H and O–H groups in total. The Kier molecular flexibility index (Phi) is 6.08. The molecule has 1 atom stereocenters. The Morgan fingerprint density at radius 2 is 1.93 bits per heavy atom. The molecule has 0 aromatic heterocycles. The van der Waals surface area contributed by atoms with Crippen molar-refractivity contribution in [2.75, 3.05) is 17.7 Å². The number of amides is 2. The zero-order chi connectivity index (χ0) is 20.8. The summed E-state index contributed by atoms with van der Waals surface area (Å²) < 4.78 is 5.19. The molecule has 0 bridgehead atoms. The Morgan fingerprint density at radius 3 is 2.66 bits per heavy atom. The molecule has 1 heterocycles. The summed E-state index contributed by atoms with van der Waals surface area (Å²) in [5.74, 6) is -0.119. The first-order chi connectivity index (χ1) is 13.9. The molecule has 2 aromatic rings. The van der Waals surface area contributed by atoms with Crippen LogP contribution in [0.1, 0.15) is 12.0 Å². The smallest absolute Gasteiger partial charge is 0.252 e. The molecule has 150 valence electrons. The molecule has 1 unspecified atom stereocenters. The molecular weight excluding hydrogens is 372 g/mol. The van der Waals surface area contributed by atoms with E-state index in [-0.39, 0.29) is 24.2 Å². The zero-order valence-electron chi connectivity index (χ0n) is 16.1. The summed E-state index contributed by atoms with van der Waals surface area (Å²) in [6.07, 6.45) is -0.131. The van der Waals surface area contributed by atoms with E-state index in [1.54, 1.807) is 24.3 Å². The maximum Gasteiger partial charge on any atom is 0.252 e. The molecule has 0 radical (unpaired) electrons. The molecule has 0 fully saturated rings. The number of methoxy groups -OCH3 is 1. The number of ether oxygens (including phenoxy) is 1. The van der Waals surface area contributed by atoms with Gasteiger partial charge >= 0.3 is 0 Å². The van der Waals surface area contributed by atoms with Gasteiger partial charge in [-0.15, -0.1) is 0 Å². The normalized spacial score (nSPS) is 16.1. The molecule has 2 aromatic carbocycles. The Morgan fingerprint density at radius 1 is 1.21 bits per heavy atom. The van der Waals surface area contributed by atoms with E-state index in [1.165, 1.54) is 7.11 Å². The standard InChI is InChI=1S/C20H22N6O3/c1-12-7-9-13(10-8-12)22-19(21)26-20-24-15(18(28)25-20)11-17(27)23-14-5-3-4-6-16(14)29-2/h3-10,15H,11H2,1-2H3,(H,23,27)(H4,21,22,24,25,26,28). The van der Waals surface area contributed by atoms with E-state index in [4.69, 9.17) is 10.5 Å². The number of aryl methyl sites for hydroxylation is 1. The summed E-state index contributed by atoms with van der Waals surface area (Å²) >= 11 is 0. The van der Waals surface area contributed by atoms with Gasteiger partial charge in [0.05, 0.1) is 19.2 Å². The largest absolute Gasteiger partial charge is 0.495 e. The lowest BCUT2D eigenvalue weighted by Crippen LogP contribution is -2.32. The van der Waals surface area contributed by atoms with E-state index in [2.05, 4.69) is 25.9 Å². The highest BCUT2D eigenvalue weighted by Gasteiger charge is 2.29. The van der Waals surface area contributed by atoms with Gasteiger partial charge in [-0.05, 0) is 31.2 Å². The molecule has 1 aliphatic rings. The number of carbonyl (C=O) groups is 2. The van der Waals surface area contributed by atoms with Crippen LogP contribution in [-0.2, 0) is 9.59 Å². The van der Waals surface area contributed by atoms with E-state index in [9.17, 15) is 9.59 Å². The first-order valence-electron chi connectivity index (χ1n) is 8.94. The van der Waals surface area contributed by atoms with Crippen LogP contribution in [0.4, 0.5) is 11.4 Å². The summed E-state index contributed by atoms with van der Waals surface area (Å²) in [5, 5.41) is 8.15. The number of nitrogens with zero attached hydrogens (tertiary/aromatic N) is 2. The van der Waals surface area contributed by atoms with E-state index < -0.39 is 11.9 Å². The van der Waals surface area contributed by atoms with Gasteiger partial charge < -0.3 is 21.1 Å². The number of nitrogens with two attached hydrogens (primary N) is 1. The van der Waals surface area contributed by atoms with Crippen LogP contribution in [0.3, 0.4) is 0 Å². The lowest BCUT2D eigenvalue weighted by molar-refractivity contribution is -0.123. The van der Waals surface area contributed by atoms with Crippen molar-refractivity contribution in [3.63, 3.8) is 0 Å². The van der Waals surface area contributed by atoms with Gasteiger partial charge in [-0.2, -0.15) is 4.99 Å². The van der Waals surface area contributed by atoms with Gasteiger partial charge in [0.1, 0.15) is 11.8 Å². The maximum atomic E-state index is 12.3. The fraction of sp³-hybridized carbons (Fsp3) is 0.200. The average molecular weight is 394 g/mol. The van der Waals surface area contributed by atoms with Crippen molar-refractivity contribution in [1.82, 2.24) is 5.32 Å². The van der Waals surface area contributed by atoms with Crippen molar-refractivity contribution in [1.29, 1.82) is 0 Å². The molecule has 9 nitrogen and oxygen atoms in total. The van der Waals surface area contributed by atoms with Crippen LogP contribution in [0.25, 0.3) is 0 Å². The molecule has 3 rings (SSSR count). The van der Waals surface area contributed by atoms with Gasteiger partial charge in [0, 0.05) is 5.69 Å². The van der Waals surface area contributed by atoms with Crippen LogP contribution in [0.15, 0.2) is 58.5 Å². The van der Waals surface area contributed by atoms with Gasteiger partial charge in [0.2, 0.25) is 17.8 Å². The fourth-order valence-corrected chi connectivity index (χ4v) is 2.68. The molecule has 0 spiro atoms. The highest BCUT2D eigenvalue weighted by atomic mass is 16.5. The Balaban J connectivity index is 1.61. The summed E-state index contributed by atoms with van der Waals surface area (Å²) in [7, 11) is 1.51. The quantitative estimate of drug-likeness (QED) is 0.452. The second-order valence-corrected chi connectivity index (χ2v) is 6.40. The number of anilines is 2. The number of benzene rings is 2. The summed E-state index contributed by atoms with van der Waals surface area (Å²) in [4.78, 5) is 32.6. The number of hydrogen-bond acceptors (Lipinski definition) is 5. The van der Waals surface area contributed by atoms with Crippen LogP contribution >= 0.6 is 0 Å². The van der Waals surface area contributed by atoms with Gasteiger partial charge in [-0.25, -0.2) is 4.99 Å². The van der Waals surface area contributed by atoms with Crippen molar-refractivity contribution >= 4 is 35.1 Å². The molecule has 1 aliphatic heterocycles. The predicted molar refractivity (Wildman–Crippen MR) is 112 cm³/mol. The Bertz CT molecular complexity index is 968. The van der Waals surface area contributed by atoms with Crippen LogP contribution in [-0.4, -0.2) is 36.9 Å². The number of aliphatic imine (C=N–C) groups is 2. The number of hydrogen-bond donors (Lipinski definition) is 4. The van der Waals surface area contributed by atoms with Gasteiger partial charge in [0.25, 0.3) is 5.91 Å². The third-order valence-corrected chi connectivity index (χ3v) is 4.13. The second-order valence-electron chi connectivity index (χ2n) is 6.40. The first kappa shape index (κ1) is 19.9. The summed E-state index contributed by atoms with van der Waals surface area (Å²) in [5.41, 5.74) is 8.26. The predicted octanol–water partition coefficient (Wildman–Crippen LogP) is 1.61. The van der Waals surface area contributed by atoms with Crippen LogP contribution < -0.4 is 26.4 Å². The number of rotatable bonds is 5. The number of para-hydroxylation sites is 2. The SMILES string of the molecule is COc1ccccc1NC(=O)CC1N=C(/N=C(\N)Nc2ccc(C)cc2)NC1=O. The van der Waals surface area contributed by atoms with Crippen molar-refractivity contribution < 1.29 is 14.3 Å². The van der Waals surface area contributed by atoms with E-state index >= 15 is 0 Å². The van der Waals surface area contributed by atoms with Gasteiger partial charge in [0.15, 0.2) is 0 Å².